The number of nitrogens with zero attached hydrogens (tertiary/aromatic N) is 1. The van der Waals surface area contributed by atoms with Gasteiger partial charge >= 0.3 is 0 Å². The van der Waals surface area contributed by atoms with E-state index in [0.29, 0.717) is 39.8 Å². The van der Waals surface area contributed by atoms with Gasteiger partial charge in [0.25, 0.3) is 11.8 Å². The first-order chi connectivity index (χ1) is 19.0. The molecule has 1 aliphatic heterocycles. The summed E-state index contributed by atoms with van der Waals surface area (Å²) in [6.07, 6.45) is 7.01. The number of carbonyl (C=O) groups is 2. The fourth-order valence-corrected chi connectivity index (χ4v) is 4.37. The van der Waals surface area contributed by atoms with Crippen molar-refractivity contribution >= 4 is 29.7 Å². The third-order valence-corrected chi connectivity index (χ3v) is 6.54. The smallest absolute Gasteiger partial charge is 0.260 e. The molecule has 0 bridgehead atoms. The lowest BCUT2D eigenvalue weighted by Gasteiger charge is -2.26. The zero-order valence-electron chi connectivity index (χ0n) is 22.6. The van der Waals surface area contributed by atoms with Crippen LogP contribution in [0.3, 0.4) is 0 Å². The van der Waals surface area contributed by atoms with Crippen molar-refractivity contribution in [3.05, 3.63) is 77.4 Å². The van der Waals surface area contributed by atoms with Gasteiger partial charge in [-0.15, -0.1) is 0 Å². The van der Waals surface area contributed by atoms with Crippen LogP contribution in [-0.4, -0.2) is 57.7 Å². The molecule has 0 aromatic heterocycles. The SMILES string of the molecule is COc1ccc(NC(=O)c2c(/C=C/c3ccc(OCC(=O)N4CCCCC4)cc3)cc(OC)cc2OC)cc1. The Bertz CT molecular complexity index is 1300. The van der Waals surface area contributed by atoms with E-state index in [1.54, 1.807) is 50.6 Å². The normalized spacial score (nSPS) is 13.2. The Morgan fingerprint density at radius 3 is 2.10 bits per heavy atom. The molecule has 3 aromatic carbocycles. The molecule has 1 N–H and O–H groups in total. The van der Waals surface area contributed by atoms with Gasteiger partial charge in [0.1, 0.15) is 23.0 Å². The molecule has 0 atom stereocenters. The van der Waals surface area contributed by atoms with Gasteiger partial charge in [0.15, 0.2) is 6.61 Å². The number of methoxy groups -OCH3 is 3. The average Bonchev–Trinajstić information content (AvgIpc) is 2.99. The van der Waals surface area contributed by atoms with Crippen molar-refractivity contribution in [1.29, 1.82) is 0 Å². The molecule has 8 heteroatoms. The highest BCUT2D eigenvalue weighted by Crippen LogP contribution is 2.31. The number of anilines is 1. The maximum Gasteiger partial charge on any atom is 0.260 e. The number of benzene rings is 3. The van der Waals surface area contributed by atoms with E-state index in [4.69, 9.17) is 18.9 Å². The van der Waals surface area contributed by atoms with Gasteiger partial charge in [-0.1, -0.05) is 24.3 Å². The van der Waals surface area contributed by atoms with Crippen LogP contribution in [0.1, 0.15) is 40.7 Å². The van der Waals surface area contributed by atoms with Gasteiger partial charge < -0.3 is 29.2 Å². The van der Waals surface area contributed by atoms with Gasteiger partial charge in [0.2, 0.25) is 0 Å². The topological polar surface area (TPSA) is 86.3 Å². The number of nitrogens with one attached hydrogen (secondary N) is 1. The highest BCUT2D eigenvalue weighted by atomic mass is 16.5. The lowest BCUT2D eigenvalue weighted by atomic mass is 10.0. The van der Waals surface area contributed by atoms with E-state index >= 15 is 0 Å². The predicted octanol–water partition coefficient (Wildman–Crippen LogP) is 5.53. The van der Waals surface area contributed by atoms with E-state index in [9.17, 15) is 9.59 Å². The molecule has 3 aromatic rings. The maximum absolute atomic E-state index is 13.3. The van der Waals surface area contributed by atoms with E-state index in [2.05, 4.69) is 5.32 Å². The van der Waals surface area contributed by atoms with Gasteiger partial charge in [-0.3, -0.25) is 9.59 Å². The van der Waals surface area contributed by atoms with Crippen LogP contribution in [-0.2, 0) is 4.79 Å². The standard InChI is InChI=1S/C31H34N2O6/c1-36-25-15-11-24(12-16-25)32-31(35)30-23(19-27(37-2)20-28(30)38-3)10-7-22-8-13-26(14-9-22)39-21-29(34)33-17-5-4-6-18-33/h7-16,19-20H,4-6,17-18,21H2,1-3H3,(H,32,35)/b10-7+. The quantitative estimate of drug-likeness (QED) is 0.347. The number of amides is 2. The summed E-state index contributed by atoms with van der Waals surface area (Å²) in [5.74, 6) is 1.98. The van der Waals surface area contributed by atoms with Crippen LogP contribution < -0.4 is 24.3 Å². The second-order valence-corrected chi connectivity index (χ2v) is 9.11. The summed E-state index contributed by atoms with van der Waals surface area (Å²) < 4.78 is 21.9. The molecule has 1 fully saturated rings. The molecule has 204 valence electrons. The highest BCUT2D eigenvalue weighted by molar-refractivity contribution is 6.09. The summed E-state index contributed by atoms with van der Waals surface area (Å²) in [6.45, 7) is 1.65. The second kappa shape index (κ2) is 13.4. The monoisotopic (exact) mass is 530 g/mol. The third kappa shape index (κ3) is 7.31. The van der Waals surface area contributed by atoms with E-state index < -0.39 is 0 Å². The average molecular weight is 531 g/mol. The molecule has 2 amide bonds. The zero-order chi connectivity index (χ0) is 27.6. The van der Waals surface area contributed by atoms with E-state index in [1.807, 2.05) is 41.3 Å². The summed E-state index contributed by atoms with van der Waals surface area (Å²) in [6, 6.07) is 18.0. The molecular weight excluding hydrogens is 496 g/mol. The molecule has 39 heavy (non-hydrogen) atoms. The van der Waals surface area contributed by atoms with Crippen molar-refractivity contribution in [2.75, 3.05) is 46.3 Å². The van der Waals surface area contributed by atoms with Crippen LogP contribution in [0.5, 0.6) is 23.0 Å². The first-order valence-electron chi connectivity index (χ1n) is 12.9. The number of hydrogen-bond acceptors (Lipinski definition) is 6. The fourth-order valence-electron chi connectivity index (χ4n) is 4.37. The van der Waals surface area contributed by atoms with Gasteiger partial charge in [0.05, 0.1) is 26.9 Å². The lowest BCUT2D eigenvalue weighted by Crippen LogP contribution is -2.38. The van der Waals surface area contributed by atoms with E-state index in [0.717, 1.165) is 31.5 Å². The molecule has 8 nitrogen and oxygen atoms in total. The fraction of sp³-hybridized carbons (Fsp3) is 0.290. The minimum atomic E-state index is -0.318. The largest absolute Gasteiger partial charge is 0.497 e. The lowest BCUT2D eigenvalue weighted by molar-refractivity contribution is -0.134. The molecule has 1 aliphatic rings. The number of likely N-dealkylation sites (tertiary alicyclic amines) is 1. The third-order valence-electron chi connectivity index (χ3n) is 6.54. The Morgan fingerprint density at radius 2 is 1.46 bits per heavy atom. The Morgan fingerprint density at radius 1 is 0.795 bits per heavy atom. The Labute approximate surface area is 229 Å². The van der Waals surface area contributed by atoms with Crippen LogP contribution in [0.15, 0.2) is 60.7 Å². The van der Waals surface area contributed by atoms with Crippen molar-refractivity contribution in [3.63, 3.8) is 0 Å². The zero-order valence-corrected chi connectivity index (χ0v) is 22.6. The Balaban J connectivity index is 1.49. The summed E-state index contributed by atoms with van der Waals surface area (Å²) in [7, 11) is 4.67. The minimum absolute atomic E-state index is 0.0195. The molecule has 1 saturated heterocycles. The molecule has 0 aliphatic carbocycles. The molecule has 0 unspecified atom stereocenters. The number of piperidine rings is 1. The summed E-state index contributed by atoms with van der Waals surface area (Å²) >= 11 is 0. The van der Waals surface area contributed by atoms with Crippen LogP contribution in [0.2, 0.25) is 0 Å². The van der Waals surface area contributed by atoms with Gasteiger partial charge in [0, 0.05) is 24.8 Å². The van der Waals surface area contributed by atoms with Crippen molar-refractivity contribution in [1.82, 2.24) is 4.90 Å². The highest BCUT2D eigenvalue weighted by Gasteiger charge is 2.19. The molecular formula is C31H34N2O6. The Hall–Kier alpha value is -4.46. The molecule has 0 saturated carbocycles. The first kappa shape index (κ1) is 27.6. The predicted molar refractivity (Wildman–Crippen MR) is 152 cm³/mol. The van der Waals surface area contributed by atoms with Crippen LogP contribution in [0.25, 0.3) is 12.2 Å². The van der Waals surface area contributed by atoms with Crippen molar-refractivity contribution in [2.24, 2.45) is 0 Å². The maximum atomic E-state index is 13.3. The number of carbonyl (C=O) groups excluding carboxylic acids is 2. The van der Waals surface area contributed by atoms with E-state index in [1.165, 1.54) is 13.5 Å². The number of hydrogen-bond donors (Lipinski definition) is 1. The van der Waals surface area contributed by atoms with Crippen molar-refractivity contribution in [3.8, 4) is 23.0 Å². The Kier molecular flexibility index (Phi) is 9.45. The molecule has 0 radical (unpaired) electrons. The van der Waals surface area contributed by atoms with Crippen molar-refractivity contribution < 1.29 is 28.5 Å². The van der Waals surface area contributed by atoms with Gasteiger partial charge in [-0.05, 0) is 72.9 Å². The van der Waals surface area contributed by atoms with Crippen molar-refractivity contribution in [2.45, 2.75) is 19.3 Å². The van der Waals surface area contributed by atoms with Crippen LogP contribution in [0.4, 0.5) is 5.69 Å². The number of rotatable bonds is 10. The molecule has 1 heterocycles. The summed E-state index contributed by atoms with van der Waals surface area (Å²) in [4.78, 5) is 27.6. The van der Waals surface area contributed by atoms with Crippen LogP contribution in [0, 0.1) is 0 Å². The second-order valence-electron chi connectivity index (χ2n) is 9.11. The summed E-state index contributed by atoms with van der Waals surface area (Å²) in [5, 5.41) is 2.92. The number of ether oxygens (including phenoxy) is 4. The first-order valence-corrected chi connectivity index (χ1v) is 12.9. The summed E-state index contributed by atoms with van der Waals surface area (Å²) in [5.41, 5.74) is 2.53. The van der Waals surface area contributed by atoms with Crippen LogP contribution >= 0.6 is 0 Å². The minimum Gasteiger partial charge on any atom is -0.497 e. The molecule has 4 rings (SSSR count). The van der Waals surface area contributed by atoms with Gasteiger partial charge in [-0.2, -0.15) is 0 Å². The van der Waals surface area contributed by atoms with E-state index in [-0.39, 0.29) is 18.4 Å². The molecule has 0 spiro atoms. The van der Waals surface area contributed by atoms with Gasteiger partial charge in [-0.25, -0.2) is 0 Å².